The molecular weight excluding hydrogens is 327 g/mol. The predicted molar refractivity (Wildman–Crippen MR) is 56.1 cm³/mol. The fraction of sp³-hybridized carbons (Fsp3) is 0.667. The average Bonchev–Trinajstić information content (AvgIpc) is 2.11. The molecule has 0 rings (SSSR count). The molecule has 0 aromatic rings. The monoisotopic (exact) mass is 339 g/mol. The number of hydrogen-bond donors (Lipinski definition) is 4. The molecule has 0 aliphatic carbocycles. The molecule has 0 aliphatic heterocycles. The van der Waals surface area contributed by atoms with Gasteiger partial charge in [-0.3, -0.25) is 9.59 Å². The van der Waals surface area contributed by atoms with Gasteiger partial charge in [-0.2, -0.15) is 0 Å². The maximum Gasteiger partial charge on any atom is 0.321 e. The Morgan fingerprint density at radius 1 is 1.00 bits per heavy atom. The minimum Gasteiger partial charge on any atom is -0.480 e. The van der Waals surface area contributed by atoms with Crippen LogP contribution in [0.25, 0.3) is 0 Å². The molecule has 0 aromatic carbocycles. The van der Waals surface area contributed by atoms with Crippen molar-refractivity contribution < 1.29 is 39.9 Å². The summed E-state index contributed by atoms with van der Waals surface area (Å²) in [6.07, 6.45) is 0. The van der Waals surface area contributed by atoms with Gasteiger partial charge in [-0.1, -0.05) is 21.6 Å². The number of hydrogen-bond acceptors (Lipinski definition) is 6. The van der Waals surface area contributed by atoms with Crippen molar-refractivity contribution in [3.63, 3.8) is 0 Å². The molecule has 6 nitrogen and oxygen atoms in total. The minimum absolute atomic E-state index is 0. The van der Waals surface area contributed by atoms with E-state index in [1.807, 2.05) is 0 Å². The van der Waals surface area contributed by atoms with Crippen molar-refractivity contribution in [1.82, 2.24) is 0 Å². The van der Waals surface area contributed by atoms with E-state index in [4.69, 9.17) is 21.7 Å². The van der Waals surface area contributed by atoms with E-state index in [-0.39, 0.29) is 31.6 Å². The fourth-order valence-electron chi connectivity index (χ4n) is 0.385. The molecule has 0 aromatic heterocycles. The summed E-state index contributed by atoms with van der Waals surface area (Å²) in [6.45, 7) is 0. The van der Waals surface area contributed by atoms with Gasteiger partial charge in [0.2, 0.25) is 0 Å². The Morgan fingerprint density at radius 2 is 1.27 bits per heavy atom. The number of carboxylic acid groups (broad SMARTS) is 2. The van der Waals surface area contributed by atoms with E-state index in [9.17, 15) is 9.59 Å². The molecule has 0 saturated carbocycles. The largest absolute Gasteiger partial charge is 0.480 e. The van der Waals surface area contributed by atoms with Gasteiger partial charge in [-0.15, -0.1) is 0 Å². The van der Waals surface area contributed by atoms with Crippen LogP contribution in [0.5, 0.6) is 0 Å². The first-order valence-corrected chi connectivity index (χ1v) is 6.15. The van der Waals surface area contributed by atoms with E-state index < -0.39 is 24.0 Å². The minimum atomic E-state index is -1.07. The quantitative estimate of drug-likeness (QED) is 0.350. The van der Waals surface area contributed by atoms with Crippen LogP contribution in [0, 0.1) is 0 Å². The Balaban J connectivity index is 0. The third kappa shape index (κ3) is 9.16. The second-order valence-electron chi connectivity index (χ2n) is 2.46. The molecule has 89 valence electrons. The van der Waals surface area contributed by atoms with Crippen LogP contribution in [-0.2, 0) is 29.7 Å². The number of carboxylic acids is 2. The van der Waals surface area contributed by atoms with Gasteiger partial charge in [0, 0.05) is 31.6 Å². The summed E-state index contributed by atoms with van der Waals surface area (Å²) >= 11 is 0. The van der Waals surface area contributed by atoms with Crippen molar-refractivity contribution in [2.24, 2.45) is 11.5 Å². The Bertz CT molecular complexity index is 197. The molecule has 0 heterocycles. The zero-order valence-corrected chi connectivity index (χ0v) is 11.1. The normalized spacial score (nSPS) is 13.7. The Kier molecular flexibility index (Phi) is 11.1. The topological polar surface area (TPSA) is 127 Å². The number of carbonyl (C=O) groups is 2. The van der Waals surface area contributed by atoms with Gasteiger partial charge in [-0.25, -0.2) is 0 Å². The number of rotatable bonds is 7. The van der Waals surface area contributed by atoms with Crippen molar-refractivity contribution in [3.05, 3.63) is 0 Å². The van der Waals surface area contributed by atoms with Crippen molar-refractivity contribution in [3.8, 4) is 0 Å². The summed E-state index contributed by atoms with van der Waals surface area (Å²) in [5, 5.41) is 16.8. The van der Waals surface area contributed by atoms with Crippen LogP contribution >= 0.6 is 21.6 Å². The van der Waals surface area contributed by atoms with Crippen LogP contribution in [0.15, 0.2) is 0 Å². The SMILES string of the molecule is NC(CSSC[C@H](N)C(=O)O)C(=O)O.[99Tc]. The maximum absolute atomic E-state index is 10.3. The van der Waals surface area contributed by atoms with E-state index in [2.05, 4.69) is 0 Å². The molecule has 0 fully saturated rings. The van der Waals surface area contributed by atoms with Crippen LogP contribution in [0.1, 0.15) is 0 Å². The van der Waals surface area contributed by atoms with Crippen molar-refractivity contribution in [2.75, 3.05) is 11.5 Å². The summed E-state index contributed by atoms with van der Waals surface area (Å²) in [7, 11) is 2.41. The molecule has 0 saturated heterocycles. The zero-order valence-electron chi connectivity index (χ0n) is 7.63. The first-order valence-electron chi connectivity index (χ1n) is 3.66. The van der Waals surface area contributed by atoms with E-state index >= 15 is 0 Å². The van der Waals surface area contributed by atoms with Gasteiger partial charge in [0.15, 0.2) is 0 Å². The summed E-state index contributed by atoms with van der Waals surface area (Å²) in [5.41, 5.74) is 10.4. The van der Waals surface area contributed by atoms with Gasteiger partial charge >= 0.3 is 11.9 Å². The second kappa shape index (κ2) is 9.44. The molecule has 1 unspecified atom stereocenters. The molecule has 6 N–H and O–H groups in total. The third-order valence-corrected chi connectivity index (χ3v) is 3.69. The van der Waals surface area contributed by atoms with Crippen LogP contribution in [0.4, 0.5) is 0 Å². The molecule has 1 radical (unpaired) electrons. The number of nitrogens with two attached hydrogens (primary N) is 2. The van der Waals surface area contributed by atoms with E-state index in [1.165, 1.54) is 21.6 Å². The summed E-state index contributed by atoms with van der Waals surface area (Å²) in [6, 6.07) is -1.85. The van der Waals surface area contributed by atoms with Crippen LogP contribution < -0.4 is 11.5 Å². The van der Waals surface area contributed by atoms with Gasteiger partial charge in [-0.05, 0) is 0 Å². The molecular formula is C6H12N2O4S2Tc. The van der Waals surface area contributed by atoms with Gasteiger partial charge < -0.3 is 21.7 Å². The molecule has 0 aliphatic rings. The van der Waals surface area contributed by atoms with Crippen molar-refractivity contribution >= 4 is 33.5 Å². The summed E-state index contributed by atoms with van der Waals surface area (Å²) in [4.78, 5) is 20.5. The van der Waals surface area contributed by atoms with Crippen LogP contribution in [0.2, 0.25) is 0 Å². The van der Waals surface area contributed by atoms with Gasteiger partial charge in [0.1, 0.15) is 12.1 Å². The van der Waals surface area contributed by atoms with Crippen LogP contribution in [0.3, 0.4) is 0 Å². The first kappa shape index (κ1) is 17.6. The standard InChI is InChI=1S/C6H12N2O4S2.Tc/c7-3(5(9)10)1-13-14-2-4(8)6(11)12;/h3-4H,1-2,7-8H2,(H,9,10)(H,11,12);/t3-,4?;/m0./s1/i;1+1. The molecule has 0 amide bonds. The fourth-order valence-corrected chi connectivity index (χ4v) is 2.61. The second-order valence-corrected chi connectivity index (χ2v) is 5.01. The van der Waals surface area contributed by atoms with E-state index in [1.54, 1.807) is 0 Å². The number of aliphatic carboxylic acids is 2. The van der Waals surface area contributed by atoms with Gasteiger partial charge in [0.05, 0.1) is 0 Å². The summed E-state index contributed by atoms with van der Waals surface area (Å²) < 4.78 is 0. The molecule has 0 bridgehead atoms. The third-order valence-electron chi connectivity index (χ3n) is 1.21. The first-order chi connectivity index (χ1) is 6.45. The van der Waals surface area contributed by atoms with Crippen LogP contribution in [-0.4, -0.2) is 45.7 Å². The van der Waals surface area contributed by atoms with E-state index in [0.29, 0.717) is 0 Å². The van der Waals surface area contributed by atoms with Gasteiger partial charge in [0.25, 0.3) is 0 Å². The zero-order chi connectivity index (χ0) is 11.1. The summed E-state index contributed by atoms with van der Waals surface area (Å²) in [5.74, 6) is -1.68. The van der Waals surface area contributed by atoms with Crippen molar-refractivity contribution in [2.45, 2.75) is 12.1 Å². The van der Waals surface area contributed by atoms with E-state index in [0.717, 1.165) is 0 Å². The Labute approximate surface area is 108 Å². The molecule has 0 spiro atoms. The molecule has 2 atom stereocenters. The van der Waals surface area contributed by atoms with Crippen molar-refractivity contribution in [1.29, 1.82) is 0 Å². The maximum atomic E-state index is 10.3. The molecule has 9 heteroatoms. The Morgan fingerprint density at radius 3 is 1.47 bits per heavy atom. The molecule has 15 heavy (non-hydrogen) atoms. The Hall–Kier alpha value is 0.209. The average molecular weight is 339 g/mol. The smallest absolute Gasteiger partial charge is 0.321 e. The predicted octanol–water partition coefficient (Wildman–Crippen LogP) is -0.811.